The molecule has 7 nitrogen and oxygen atoms in total. The summed E-state index contributed by atoms with van der Waals surface area (Å²) in [6, 6.07) is 5.99. The van der Waals surface area contributed by atoms with Crippen molar-refractivity contribution in [3.05, 3.63) is 60.7 Å². The Balaban J connectivity index is 1.55. The van der Waals surface area contributed by atoms with Crippen molar-refractivity contribution in [3.63, 3.8) is 0 Å². The van der Waals surface area contributed by atoms with Gasteiger partial charge in [0.05, 0.1) is 19.3 Å². The molecule has 0 spiro atoms. The summed E-state index contributed by atoms with van der Waals surface area (Å²) in [6.45, 7) is 2.54. The second-order valence-corrected chi connectivity index (χ2v) is 6.41. The molecular formula is C19H22N6O. The van der Waals surface area contributed by atoms with Gasteiger partial charge in [-0.15, -0.1) is 0 Å². The molecule has 7 heteroatoms. The molecule has 1 fully saturated rings. The van der Waals surface area contributed by atoms with Gasteiger partial charge in [-0.2, -0.15) is 0 Å². The highest BCUT2D eigenvalue weighted by Crippen LogP contribution is 2.31. The minimum atomic E-state index is 0.342. The summed E-state index contributed by atoms with van der Waals surface area (Å²) in [5.41, 5.74) is 1.04. The fourth-order valence-electron chi connectivity index (χ4n) is 3.54. The van der Waals surface area contributed by atoms with Crippen molar-refractivity contribution in [2.24, 2.45) is 0 Å². The van der Waals surface area contributed by atoms with Gasteiger partial charge in [-0.05, 0) is 25.0 Å². The molecule has 4 heterocycles. The molecular weight excluding hydrogens is 328 g/mol. The zero-order chi connectivity index (χ0) is 17.8. The highest BCUT2D eigenvalue weighted by Gasteiger charge is 2.27. The van der Waals surface area contributed by atoms with Crippen LogP contribution in [-0.2, 0) is 6.54 Å². The van der Waals surface area contributed by atoms with Gasteiger partial charge in [0.1, 0.15) is 5.82 Å². The van der Waals surface area contributed by atoms with Crippen molar-refractivity contribution >= 4 is 5.82 Å². The van der Waals surface area contributed by atoms with Crippen LogP contribution in [0, 0.1) is 0 Å². The van der Waals surface area contributed by atoms with Gasteiger partial charge < -0.3 is 14.2 Å². The van der Waals surface area contributed by atoms with Crippen molar-refractivity contribution in [2.75, 3.05) is 25.1 Å². The minimum Gasteiger partial charge on any atom is -0.478 e. The van der Waals surface area contributed by atoms with E-state index in [1.54, 1.807) is 19.5 Å². The summed E-state index contributed by atoms with van der Waals surface area (Å²) in [4.78, 5) is 20.1. The molecule has 0 bridgehead atoms. The quantitative estimate of drug-likeness (QED) is 0.704. The van der Waals surface area contributed by atoms with Crippen LogP contribution in [-0.4, -0.2) is 44.7 Å². The molecule has 0 aromatic carbocycles. The number of hydrogen-bond donors (Lipinski definition) is 0. The van der Waals surface area contributed by atoms with Crippen LogP contribution in [0.3, 0.4) is 0 Å². The third-order valence-electron chi connectivity index (χ3n) is 4.73. The molecule has 1 unspecified atom stereocenters. The van der Waals surface area contributed by atoms with E-state index in [1.165, 1.54) is 0 Å². The number of piperidine rings is 1. The number of nitrogens with zero attached hydrogens (tertiary/aromatic N) is 6. The number of ether oxygens (including phenoxy) is 1. The largest absolute Gasteiger partial charge is 0.478 e. The highest BCUT2D eigenvalue weighted by atomic mass is 16.5. The van der Waals surface area contributed by atoms with Crippen LogP contribution in [0.5, 0.6) is 5.88 Å². The first kappa shape index (κ1) is 16.5. The molecule has 134 valence electrons. The van der Waals surface area contributed by atoms with Gasteiger partial charge in [-0.25, -0.2) is 15.0 Å². The maximum absolute atomic E-state index is 5.38. The Hall–Kier alpha value is -2.96. The fraction of sp³-hybridized carbons (Fsp3) is 0.368. The van der Waals surface area contributed by atoms with Crippen LogP contribution in [0.25, 0.3) is 0 Å². The molecule has 1 atom stereocenters. The van der Waals surface area contributed by atoms with Gasteiger partial charge >= 0.3 is 0 Å². The van der Waals surface area contributed by atoms with Crippen LogP contribution in [0.15, 0.2) is 49.2 Å². The monoisotopic (exact) mass is 350 g/mol. The Morgan fingerprint density at radius 2 is 2.00 bits per heavy atom. The highest BCUT2D eigenvalue weighted by molar-refractivity contribution is 5.48. The van der Waals surface area contributed by atoms with Crippen LogP contribution >= 0.6 is 0 Å². The SMILES string of the molecule is COc1nccnc1N1CCCC(c2nccn2Cc2ccccn2)C1. The number of anilines is 1. The summed E-state index contributed by atoms with van der Waals surface area (Å²) < 4.78 is 7.58. The Bertz CT molecular complexity index is 850. The van der Waals surface area contributed by atoms with Gasteiger partial charge in [0.2, 0.25) is 0 Å². The number of rotatable bonds is 5. The first-order valence-corrected chi connectivity index (χ1v) is 8.86. The van der Waals surface area contributed by atoms with E-state index < -0.39 is 0 Å². The van der Waals surface area contributed by atoms with Crippen molar-refractivity contribution < 1.29 is 4.74 Å². The van der Waals surface area contributed by atoms with E-state index in [1.807, 2.05) is 36.8 Å². The third kappa shape index (κ3) is 3.37. The topological polar surface area (TPSA) is 69.0 Å². The molecule has 0 saturated carbocycles. The number of methoxy groups -OCH3 is 1. The number of aromatic nitrogens is 5. The van der Waals surface area contributed by atoms with Crippen molar-refractivity contribution in [1.82, 2.24) is 24.5 Å². The average molecular weight is 350 g/mol. The summed E-state index contributed by atoms with van der Waals surface area (Å²) >= 11 is 0. The molecule has 1 aliphatic heterocycles. The van der Waals surface area contributed by atoms with Gasteiger partial charge in [0, 0.05) is 50.0 Å². The summed E-state index contributed by atoms with van der Waals surface area (Å²) in [5, 5.41) is 0. The van der Waals surface area contributed by atoms with E-state index in [4.69, 9.17) is 4.74 Å². The average Bonchev–Trinajstić information content (AvgIpc) is 3.17. The summed E-state index contributed by atoms with van der Waals surface area (Å²) in [7, 11) is 1.63. The first-order valence-electron chi connectivity index (χ1n) is 8.86. The lowest BCUT2D eigenvalue weighted by atomic mass is 9.97. The third-order valence-corrected chi connectivity index (χ3v) is 4.73. The van der Waals surface area contributed by atoms with Crippen LogP contribution < -0.4 is 9.64 Å². The Morgan fingerprint density at radius 3 is 2.85 bits per heavy atom. The molecule has 1 saturated heterocycles. The predicted molar refractivity (Wildman–Crippen MR) is 98.3 cm³/mol. The lowest BCUT2D eigenvalue weighted by Gasteiger charge is -2.33. The van der Waals surface area contributed by atoms with Crippen LogP contribution in [0.2, 0.25) is 0 Å². The van der Waals surface area contributed by atoms with Crippen molar-refractivity contribution in [1.29, 1.82) is 0 Å². The van der Waals surface area contributed by atoms with E-state index >= 15 is 0 Å². The van der Waals surface area contributed by atoms with Gasteiger partial charge in [0.25, 0.3) is 5.88 Å². The molecule has 0 radical (unpaired) electrons. The predicted octanol–water partition coefficient (Wildman–Crippen LogP) is 2.51. The lowest BCUT2D eigenvalue weighted by molar-refractivity contribution is 0.390. The second kappa shape index (κ2) is 7.51. The smallest absolute Gasteiger partial charge is 0.257 e. The number of pyridine rings is 1. The molecule has 0 amide bonds. The van der Waals surface area contributed by atoms with E-state index in [0.717, 1.165) is 49.8 Å². The number of hydrogen-bond acceptors (Lipinski definition) is 6. The number of imidazole rings is 1. The Morgan fingerprint density at radius 1 is 1.08 bits per heavy atom. The molecule has 0 N–H and O–H groups in total. The van der Waals surface area contributed by atoms with Crippen LogP contribution in [0.4, 0.5) is 5.82 Å². The van der Waals surface area contributed by atoms with Crippen molar-refractivity contribution in [3.8, 4) is 5.88 Å². The standard InChI is InChI=1S/C19H22N6O/c1-26-19-18(21-8-9-23-19)24-11-4-5-15(13-24)17-22-10-12-25(17)14-16-6-2-3-7-20-16/h2-3,6-10,12,15H,4-5,11,13-14H2,1H3. The maximum Gasteiger partial charge on any atom is 0.257 e. The Labute approximate surface area is 152 Å². The van der Waals surface area contributed by atoms with E-state index in [-0.39, 0.29) is 0 Å². The minimum absolute atomic E-state index is 0.342. The van der Waals surface area contributed by atoms with Gasteiger partial charge in [-0.3, -0.25) is 4.98 Å². The molecule has 3 aromatic heterocycles. The molecule has 3 aromatic rings. The second-order valence-electron chi connectivity index (χ2n) is 6.41. The van der Waals surface area contributed by atoms with E-state index in [0.29, 0.717) is 11.8 Å². The van der Waals surface area contributed by atoms with Crippen molar-refractivity contribution in [2.45, 2.75) is 25.3 Å². The zero-order valence-corrected chi connectivity index (χ0v) is 14.8. The lowest BCUT2D eigenvalue weighted by Crippen LogP contribution is -2.36. The summed E-state index contributed by atoms with van der Waals surface area (Å²) in [5.74, 6) is 2.82. The summed E-state index contributed by atoms with van der Waals surface area (Å²) in [6.07, 6.45) is 11.3. The fourth-order valence-corrected chi connectivity index (χ4v) is 3.54. The molecule has 4 rings (SSSR count). The first-order chi connectivity index (χ1) is 12.8. The molecule has 1 aliphatic rings. The normalized spacial score (nSPS) is 17.3. The van der Waals surface area contributed by atoms with E-state index in [2.05, 4.69) is 29.4 Å². The Kier molecular flexibility index (Phi) is 4.77. The van der Waals surface area contributed by atoms with Gasteiger partial charge in [-0.1, -0.05) is 6.07 Å². The van der Waals surface area contributed by atoms with Crippen LogP contribution in [0.1, 0.15) is 30.3 Å². The molecule has 26 heavy (non-hydrogen) atoms. The van der Waals surface area contributed by atoms with E-state index in [9.17, 15) is 0 Å². The maximum atomic E-state index is 5.38. The van der Waals surface area contributed by atoms with Gasteiger partial charge in [0.15, 0.2) is 5.82 Å². The molecule has 0 aliphatic carbocycles. The zero-order valence-electron chi connectivity index (χ0n) is 14.8.